The van der Waals surface area contributed by atoms with Gasteiger partial charge in [0.15, 0.2) is 17.2 Å². The number of hydrogen-bond acceptors (Lipinski definition) is 2. The molecule has 0 spiro atoms. The molecule has 0 amide bonds. The maximum Gasteiger partial charge on any atom is 0.195 e. The van der Waals surface area contributed by atoms with Crippen LogP contribution in [0.2, 0.25) is 0 Å². The van der Waals surface area contributed by atoms with Crippen LogP contribution in [0.25, 0.3) is 22.4 Å². The van der Waals surface area contributed by atoms with E-state index in [-0.39, 0.29) is 11.3 Å². The Bertz CT molecular complexity index is 631. The number of benzene rings is 1. The Morgan fingerprint density at radius 2 is 1.81 bits per heavy atom. The summed E-state index contributed by atoms with van der Waals surface area (Å²) < 4.78 is 19.4. The minimum Gasteiger partial charge on any atom is -0.451 e. The van der Waals surface area contributed by atoms with Crippen LogP contribution in [0.1, 0.15) is 0 Å². The van der Waals surface area contributed by atoms with E-state index in [1.807, 2.05) is 18.2 Å². The SMILES string of the molecule is Fc1c(-c2ccccc2)oc2cccnc12. The lowest BCUT2D eigenvalue weighted by atomic mass is 10.2. The van der Waals surface area contributed by atoms with Gasteiger partial charge >= 0.3 is 0 Å². The van der Waals surface area contributed by atoms with E-state index in [0.717, 1.165) is 5.56 Å². The second-order valence-corrected chi connectivity index (χ2v) is 3.46. The van der Waals surface area contributed by atoms with Crippen LogP contribution in [-0.4, -0.2) is 4.98 Å². The first kappa shape index (κ1) is 9.09. The van der Waals surface area contributed by atoms with E-state index in [0.29, 0.717) is 5.58 Å². The van der Waals surface area contributed by atoms with Crippen LogP contribution in [0.4, 0.5) is 4.39 Å². The van der Waals surface area contributed by atoms with Crippen molar-refractivity contribution in [2.75, 3.05) is 0 Å². The fourth-order valence-electron chi connectivity index (χ4n) is 1.68. The van der Waals surface area contributed by atoms with Crippen LogP contribution in [0.15, 0.2) is 53.1 Å². The molecule has 2 nitrogen and oxygen atoms in total. The van der Waals surface area contributed by atoms with E-state index in [9.17, 15) is 4.39 Å². The molecule has 78 valence electrons. The minimum absolute atomic E-state index is 0.245. The van der Waals surface area contributed by atoms with Gasteiger partial charge in [-0.2, -0.15) is 0 Å². The second-order valence-electron chi connectivity index (χ2n) is 3.46. The summed E-state index contributed by atoms with van der Waals surface area (Å²) in [6.07, 6.45) is 1.55. The zero-order valence-corrected chi connectivity index (χ0v) is 8.35. The third-order valence-corrected chi connectivity index (χ3v) is 2.43. The van der Waals surface area contributed by atoms with Gasteiger partial charge in [0.25, 0.3) is 0 Å². The Morgan fingerprint density at radius 1 is 1.00 bits per heavy atom. The highest BCUT2D eigenvalue weighted by molar-refractivity contribution is 5.80. The van der Waals surface area contributed by atoms with E-state index in [4.69, 9.17) is 4.42 Å². The molecular formula is C13H8FNO. The van der Waals surface area contributed by atoms with Gasteiger partial charge in [-0.3, -0.25) is 0 Å². The highest BCUT2D eigenvalue weighted by Crippen LogP contribution is 2.30. The third kappa shape index (κ3) is 1.29. The van der Waals surface area contributed by atoms with Gasteiger partial charge in [-0.25, -0.2) is 9.37 Å². The molecule has 2 aromatic heterocycles. The zero-order valence-electron chi connectivity index (χ0n) is 8.35. The Morgan fingerprint density at radius 3 is 2.56 bits per heavy atom. The number of halogens is 1. The van der Waals surface area contributed by atoms with Crippen molar-refractivity contribution in [2.45, 2.75) is 0 Å². The predicted octanol–water partition coefficient (Wildman–Crippen LogP) is 3.63. The van der Waals surface area contributed by atoms with Crippen molar-refractivity contribution in [2.24, 2.45) is 0 Å². The fourth-order valence-corrected chi connectivity index (χ4v) is 1.68. The number of aromatic nitrogens is 1. The van der Waals surface area contributed by atoms with Crippen molar-refractivity contribution in [3.63, 3.8) is 0 Å². The minimum atomic E-state index is -0.401. The molecule has 0 unspecified atom stereocenters. The van der Waals surface area contributed by atoms with Crippen molar-refractivity contribution in [1.29, 1.82) is 0 Å². The number of fused-ring (bicyclic) bond motifs is 1. The lowest BCUT2D eigenvalue weighted by Gasteiger charge is -1.94. The molecule has 0 N–H and O–H groups in total. The molecule has 3 heteroatoms. The zero-order chi connectivity index (χ0) is 11.0. The summed E-state index contributed by atoms with van der Waals surface area (Å²) in [5.41, 5.74) is 1.47. The average Bonchev–Trinajstić information content (AvgIpc) is 2.69. The van der Waals surface area contributed by atoms with Gasteiger partial charge in [-0.15, -0.1) is 0 Å². The normalized spacial score (nSPS) is 10.8. The summed E-state index contributed by atoms with van der Waals surface area (Å²) in [5.74, 6) is -0.156. The van der Waals surface area contributed by atoms with Crippen LogP contribution in [0, 0.1) is 5.82 Å². The van der Waals surface area contributed by atoms with Crippen molar-refractivity contribution in [3.05, 3.63) is 54.5 Å². The van der Waals surface area contributed by atoms with Crippen LogP contribution in [0.3, 0.4) is 0 Å². The predicted molar refractivity (Wildman–Crippen MR) is 59.4 cm³/mol. The standard InChI is InChI=1S/C13H8FNO/c14-11-12-10(7-4-8-15-12)16-13(11)9-5-2-1-3-6-9/h1-8H. The highest BCUT2D eigenvalue weighted by Gasteiger charge is 2.15. The van der Waals surface area contributed by atoms with Gasteiger partial charge in [0, 0.05) is 11.8 Å². The van der Waals surface area contributed by atoms with Crippen molar-refractivity contribution in [1.82, 2.24) is 4.98 Å². The molecule has 0 aliphatic rings. The maximum atomic E-state index is 14.0. The van der Waals surface area contributed by atoms with Crippen LogP contribution in [-0.2, 0) is 0 Å². The molecule has 0 saturated heterocycles. The largest absolute Gasteiger partial charge is 0.451 e. The second kappa shape index (κ2) is 3.45. The topological polar surface area (TPSA) is 26.0 Å². The average molecular weight is 213 g/mol. The fraction of sp³-hybridized carbons (Fsp3) is 0. The van der Waals surface area contributed by atoms with E-state index in [1.165, 1.54) is 0 Å². The molecule has 0 atom stereocenters. The summed E-state index contributed by atoms with van der Waals surface area (Å²) >= 11 is 0. The van der Waals surface area contributed by atoms with Gasteiger partial charge in [0.1, 0.15) is 5.52 Å². The molecule has 3 rings (SSSR count). The van der Waals surface area contributed by atoms with Crippen molar-refractivity contribution < 1.29 is 8.81 Å². The molecule has 1 aromatic carbocycles. The molecule has 0 aliphatic heterocycles. The van der Waals surface area contributed by atoms with Crippen LogP contribution >= 0.6 is 0 Å². The molecule has 3 aromatic rings. The van der Waals surface area contributed by atoms with Crippen molar-refractivity contribution >= 4 is 11.1 Å². The monoisotopic (exact) mass is 213 g/mol. The van der Waals surface area contributed by atoms with Crippen LogP contribution < -0.4 is 0 Å². The number of hydrogen-bond donors (Lipinski definition) is 0. The first-order valence-electron chi connectivity index (χ1n) is 4.95. The lowest BCUT2D eigenvalue weighted by molar-refractivity contribution is 0.573. The summed E-state index contributed by atoms with van der Waals surface area (Å²) in [7, 11) is 0. The van der Waals surface area contributed by atoms with Gasteiger partial charge in [-0.05, 0) is 12.1 Å². The Hall–Kier alpha value is -2.16. The number of nitrogens with zero attached hydrogens (tertiary/aromatic N) is 1. The summed E-state index contributed by atoms with van der Waals surface area (Å²) in [5, 5.41) is 0. The van der Waals surface area contributed by atoms with Crippen LogP contribution in [0.5, 0.6) is 0 Å². The highest BCUT2D eigenvalue weighted by atomic mass is 19.1. The van der Waals surface area contributed by atoms with Gasteiger partial charge < -0.3 is 4.42 Å². The van der Waals surface area contributed by atoms with Gasteiger partial charge in [0.05, 0.1) is 0 Å². The Balaban J connectivity index is 2.29. The summed E-state index contributed by atoms with van der Waals surface area (Å²) in [6, 6.07) is 12.6. The molecule has 0 fully saturated rings. The van der Waals surface area contributed by atoms with Gasteiger partial charge in [0.2, 0.25) is 0 Å². The molecule has 0 aliphatic carbocycles. The van der Waals surface area contributed by atoms with Crippen molar-refractivity contribution in [3.8, 4) is 11.3 Å². The van der Waals surface area contributed by atoms with E-state index < -0.39 is 5.82 Å². The smallest absolute Gasteiger partial charge is 0.195 e. The Labute approximate surface area is 91.3 Å². The molecular weight excluding hydrogens is 205 g/mol. The molecule has 16 heavy (non-hydrogen) atoms. The van der Waals surface area contributed by atoms with E-state index in [2.05, 4.69) is 4.98 Å². The summed E-state index contributed by atoms with van der Waals surface area (Å²) in [6.45, 7) is 0. The quantitative estimate of drug-likeness (QED) is 0.616. The maximum absolute atomic E-state index is 14.0. The summed E-state index contributed by atoms with van der Waals surface area (Å²) in [4.78, 5) is 3.96. The molecule has 0 radical (unpaired) electrons. The molecule has 0 bridgehead atoms. The third-order valence-electron chi connectivity index (χ3n) is 2.43. The van der Waals surface area contributed by atoms with E-state index in [1.54, 1.807) is 30.5 Å². The number of rotatable bonds is 1. The first-order valence-corrected chi connectivity index (χ1v) is 4.95. The molecule has 0 saturated carbocycles. The first-order chi connectivity index (χ1) is 7.86. The number of pyridine rings is 1. The van der Waals surface area contributed by atoms with Gasteiger partial charge in [-0.1, -0.05) is 30.3 Å². The molecule has 2 heterocycles. The van der Waals surface area contributed by atoms with E-state index >= 15 is 0 Å². The lowest BCUT2D eigenvalue weighted by Crippen LogP contribution is -1.78. The Kier molecular flexibility index (Phi) is 1.96. The number of furan rings is 1.